The van der Waals surface area contributed by atoms with Gasteiger partial charge in [0.1, 0.15) is 0 Å². The average molecular weight is 344 g/mol. The number of rotatable bonds is 7. The van der Waals surface area contributed by atoms with Crippen molar-refractivity contribution in [1.29, 1.82) is 0 Å². The van der Waals surface area contributed by atoms with Crippen LogP contribution < -0.4 is 5.56 Å². The SMILES string of the molecule is O=c1c2ccccc2nc(SCCCO)n1CCC1=CCCCC1. The summed E-state index contributed by atoms with van der Waals surface area (Å²) >= 11 is 1.56. The van der Waals surface area contributed by atoms with Crippen LogP contribution in [0.2, 0.25) is 0 Å². The fourth-order valence-corrected chi connectivity index (χ4v) is 4.02. The Morgan fingerprint density at radius 3 is 2.92 bits per heavy atom. The van der Waals surface area contributed by atoms with Gasteiger partial charge >= 0.3 is 0 Å². The Balaban J connectivity index is 1.89. The number of thioether (sulfide) groups is 1. The zero-order chi connectivity index (χ0) is 16.8. The van der Waals surface area contributed by atoms with Crippen molar-refractivity contribution in [1.82, 2.24) is 9.55 Å². The van der Waals surface area contributed by atoms with Gasteiger partial charge in [-0.05, 0) is 50.7 Å². The van der Waals surface area contributed by atoms with Gasteiger partial charge in [-0.2, -0.15) is 0 Å². The summed E-state index contributed by atoms with van der Waals surface area (Å²) in [7, 11) is 0. The Kier molecular flexibility index (Phi) is 6.10. The monoisotopic (exact) mass is 344 g/mol. The van der Waals surface area contributed by atoms with E-state index in [1.54, 1.807) is 11.8 Å². The Morgan fingerprint density at radius 1 is 1.25 bits per heavy atom. The summed E-state index contributed by atoms with van der Waals surface area (Å²) in [6.07, 6.45) is 8.83. The molecular formula is C19H24N2O2S. The lowest BCUT2D eigenvalue weighted by molar-refractivity contribution is 0.296. The van der Waals surface area contributed by atoms with Crippen LogP contribution in [0.15, 0.2) is 45.9 Å². The molecule has 1 N–H and O–H groups in total. The van der Waals surface area contributed by atoms with Crippen LogP contribution in [0, 0.1) is 0 Å². The lowest BCUT2D eigenvalue weighted by Crippen LogP contribution is -2.24. The van der Waals surface area contributed by atoms with Crippen LogP contribution in [0.1, 0.15) is 38.5 Å². The number of hydrogen-bond acceptors (Lipinski definition) is 4. The number of para-hydroxylation sites is 1. The molecular weight excluding hydrogens is 320 g/mol. The van der Waals surface area contributed by atoms with Gasteiger partial charge in [-0.3, -0.25) is 9.36 Å². The first-order chi connectivity index (χ1) is 11.8. The minimum Gasteiger partial charge on any atom is -0.396 e. The maximum absolute atomic E-state index is 12.9. The van der Waals surface area contributed by atoms with Crippen molar-refractivity contribution in [3.8, 4) is 0 Å². The van der Waals surface area contributed by atoms with Crippen molar-refractivity contribution >= 4 is 22.7 Å². The summed E-state index contributed by atoms with van der Waals surface area (Å²) < 4.78 is 1.82. The van der Waals surface area contributed by atoms with Crippen molar-refractivity contribution < 1.29 is 5.11 Å². The van der Waals surface area contributed by atoms with Gasteiger partial charge in [-0.25, -0.2) is 4.98 Å². The molecule has 4 nitrogen and oxygen atoms in total. The number of nitrogens with zero attached hydrogens (tertiary/aromatic N) is 2. The second-order valence-electron chi connectivity index (χ2n) is 6.15. The van der Waals surface area contributed by atoms with E-state index in [-0.39, 0.29) is 12.2 Å². The van der Waals surface area contributed by atoms with Crippen molar-refractivity contribution in [2.24, 2.45) is 0 Å². The van der Waals surface area contributed by atoms with Gasteiger partial charge in [0.05, 0.1) is 10.9 Å². The number of allylic oxidation sites excluding steroid dienone is 2. The summed E-state index contributed by atoms with van der Waals surface area (Å²) in [5.74, 6) is 0.768. The molecule has 0 amide bonds. The molecule has 0 aliphatic heterocycles. The number of hydrogen-bond donors (Lipinski definition) is 1. The van der Waals surface area contributed by atoms with Gasteiger partial charge in [0.2, 0.25) is 0 Å². The van der Waals surface area contributed by atoms with E-state index in [0.29, 0.717) is 18.4 Å². The predicted octanol–water partition coefficient (Wildman–Crippen LogP) is 3.76. The van der Waals surface area contributed by atoms with Crippen molar-refractivity contribution in [3.05, 3.63) is 46.3 Å². The molecule has 5 heteroatoms. The van der Waals surface area contributed by atoms with Crippen molar-refractivity contribution in [2.75, 3.05) is 12.4 Å². The Labute approximate surface area is 146 Å². The number of aromatic nitrogens is 2. The van der Waals surface area contributed by atoms with Gasteiger partial charge in [-0.15, -0.1) is 0 Å². The molecule has 1 aliphatic carbocycles. The van der Waals surface area contributed by atoms with Gasteiger partial charge in [0.15, 0.2) is 5.16 Å². The third-order valence-electron chi connectivity index (χ3n) is 4.40. The third kappa shape index (κ3) is 4.08. The molecule has 1 aliphatic rings. The number of fused-ring (bicyclic) bond motifs is 1. The maximum Gasteiger partial charge on any atom is 0.262 e. The molecule has 3 rings (SSSR count). The maximum atomic E-state index is 12.9. The second kappa shape index (κ2) is 8.49. The summed E-state index contributed by atoms with van der Waals surface area (Å²) in [4.78, 5) is 17.6. The first-order valence-electron chi connectivity index (χ1n) is 8.71. The van der Waals surface area contributed by atoms with Crippen LogP contribution in [0.5, 0.6) is 0 Å². The predicted molar refractivity (Wildman–Crippen MR) is 99.6 cm³/mol. The molecule has 0 atom stereocenters. The molecule has 1 aromatic carbocycles. The van der Waals surface area contributed by atoms with E-state index in [2.05, 4.69) is 6.08 Å². The standard InChI is InChI=1S/C19H24N2O2S/c22-13-6-14-24-19-20-17-10-5-4-9-16(17)18(23)21(19)12-11-15-7-2-1-3-8-15/h4-5,7,9-10,22H,1-3,6,8,11-14H2. The van der Waals surface area contributed by atoms with Gasteiger partial charge < -0.3 is 5.11 Å². The van der Waals surface area contributed by atoms with Crippen LogP contribution >= 0.6 is 11.8 Å². The van der Waals surface area contributed by atoms with E-state index in [4.69, 9.17) is 10.1 Å². The molecule has 0 radical (unpaired) electrons. The van der Waals surface area contributed by atoms with E-state index < -0.39 is 0 Å². The van der Waals surface area contributed by atoms with Gasteiger partial charge in [-0.1, -0.05) is 35.5 Å². The molecule has 128 valence electrons. The highest BCUT2D eigenvalue weighted by molar-refractivity contribution is 7.99. The molecule has 1 aromatic heterocycles. The van der Waals surface area contributed by atoms with Crippen LogP contribution in [-0.2, 0) is 6.54 Å². The molecule has 2 aromatic rings. The van der Waals surface area contributed by atoms with E-state index in [0.717, 1.165) is 35.7 Å². The first-order valence-corrected chi connectivity index (χ1v) is 9.69. The van der Waals surface area contributed by atoms with Crippen molar-refractivity contribution in [3.63, 3.8) is 0 Å². The minimum atomic E-state index is 0.0449. The molecule has 0 bridgehead atoms. The summed E-state index contributed by atoms with van der Waals surface area (Å²) in [5, 5.41) is 10.5. The highest BCUT2D eigenvalue weighted by Gasteiger charge is 2.12. The smallest absolute Gasteiger partial charge is 0.262 e. The molecule has 0 fully saturated rings. The van der Waals surface area contributed by atoms with E-state index in [9.17, 15) is 4.79 Å². The average Bonchev–Trinajstić information content (AvgIpc) is 2.62. The molecule has 0 spiro atoms. The third-order valence-corrected chi connectivity index (χ3v) is 5.46. The first kappa shape index (κ1) is 17.2. The fourth-order valence-electron chi connectivity index (χ4n) is 3.07. The number of aliphatic hydroxyl groups excluding tert-OH is 1. The summed E-state index contributed by atoms with van der Waals surface area (Å²) in [6.45, 7) is 0.849. The molecule has 24 heavy (non-hydrogen) atoms. The number of aliphatic hydroxyl groups is 1. The van der Waals surface area contributed by atoms with Crippen LogP contribution in [0.4, 0.5) is 0 Å². The summed E-state index contributed by atoms with van der Waals surface area (Å²) in [6, 6.07) is 7.54. The Bertz CT molecular complexity index is 783. The molecule has 0 saturated heterocycles. The highest BCUT2D eigenvalue weighted by atomic mass is 32.2. The minimum absolute atomic E-state index is 0.0449. The Hall–Kier alpha value is -1.59. The van der Waals surface area contributed by atoms with Crippen molar-refractivity contribution in [2.45, 2.75) is 50.2 Å². The normalized spacial score (nSPS) is 14.8. The van der Waals surface area contributed by atoms with E-state index in [1.165, 1.54) is 18.4 Å². The lowest BCUT2D eigenvalue weighted by Gasteiger charge is -2.16. The topological polar surface area (TPSA) is 55.1 Å². The Morgan fingerprint density at radius 2 is 2.12 bits per heavy atom. The van der Waals surface area contributed by atoms with Crippen LogP contribution in [0.3, 0.4) is 0 Å². The van der Waals surface area contributed by atoms with Gasteiger partial charge in [0.25, 0.3) is 5.56 Å². The largest absolute Gasteiger partial charge is 0.396 e. The van der Waals surface area contributed by atoms with Gasteiger partial charge in [0, 0.05) is 18.9 Å². The zero-order valence-electron chi connectivity index (χ0n) is 13.9. The quantitative estimate of drug-likeness (QED) is 0.360. The molecule has 0 saturated carbocycles. The van der Waals surface area contributed by atoms with Crippen LogP contribution in [0.25, 0.3) is 10.9 Å². The highest BCUT2D eigenvalue weighted by Crippen LogP contribution is 2.23. The summed E-state index contributed by atoms with van der Waals surface area (Å²) in [5.41, 5.74) is 2.26. The lowest BCUT2D eigenvalue weighted by atomic mass is 9.97. The fraction of sp³-hybridized carbons (Fsp3) is 0.474. The number of benzene rings is 1. The van der Waals surface area contributed by atoms with E-state index >= 15 is 0 Å². The zero-order valence-corrected chi connectivity index (χ0v) is 14.7. The van der Waals surface area contributed by atoms with Crippen LogP contribution in [-0.4, -0.2) is 27.0 Å². The molecule has 1 heterocycles. The van der Waals surface area contributed by atoms with E-state index in [1.807, 2.05) is 28.8 Å². The molecule has 0 unspecified atom stereocenters. The second-order valence-corrected chi connectivity index (χ2v) is 7.21.